The van der Waals surface area contributed by atoms with Gasteiger partial charge in [-0.1, -0.05) is 24.9 Å². The Kier molecular flexibility index (Phi) is 4.77. The third-order valence-corrected chi connectivity index (χ3v) is 3.17. The van der Waals surface area contributed by atoms with Crippen LogP contribution in [0.5, 0.6) is 0 Å². The van der Waals surface area contributed by atoms with Crippen LogP contribution in [0.15, 0.2) is 30.6 Å². The molecule has 1 aromatic carbocycles. The minimum atomic E-state index is -4.43. The lowest BCUT2D eigenvalue weighted by atomic mass is 10.2. The van der Waals surface area contributed by atoms with Gasteiger partial charge in [0.25, 0.3) is 0 Å². The molecule has 0 bridgehead atoms. The molecule has 2 rings (SSSR count). The number of rotatable bonds is 5. The third-order valence-electron chi connectivity index (χ3n) is 2.95. The van der Waals surface area contributed by atoms with Gasteiger partial charge in [0.15, 0.2) is 0 Å². The van der Waals surface area contributed by atoms with Gasteiger partial charge in [-0.05, 0) is 24.6 Å². The van der Waals surface area contributed by atoms with Gasteiger partial charge < -0.3 is 9.88 Å². The summed E-state index contributed by atoms with van der Waals surface area (Å²) in [6, 6.07) is 3.36. The Hall–Kier alpha value is -1.69. The third kappa shape index (κ3) is 4.14. The number of nitrogens with one attached hydrogen (secondary N) is 1. The summed E-state index contributed by atoms with van der Waals surface area (Å²) in [7, 11) is 0. The highest BCUT2D eigenvalue weighted by molar-refractivity contribution is 6.31. The van der Waals surface area contributed by atoms with E-state index in [0.717, 1.165) is 31.5 Å². The highest BCUT2D eigenvalue weighted by Gasteiger charge is 2.31. The summed E-state index contributed by atoms with van der Waals surface area (Å²) in [5, 5.41) is 2.91. The molecule has 0 saturated carbocycles. The van der Waals surface area contributed by atoms with Crippen molar-refractivity contribution < 1.29 is 13.2 Å². The van der Waals surface area contributed by atoms with Crippen molar-refractivity contribution in [3.8, 4) is 0 Å². The van der Waals surface area contributed by atoms with Crippen LogP contribution < -0.4 is 5.32 Å². The maximum Gasteiger partial charge on any atom is 0.416 e. The summed E-state index contributed by atoms with van der Waals surface area (Å²) in [6.07, 6.45) is 0.945. The van der Waals surface area contributed by atoms with Gasteiger partial charge in [-0.3, -0.25) is 0 Å². The summed E-state index contributed by atoms with van der Waals surface area (Å²) < 4.78 is 40.2. The highest BCUT2D eigenvalue weighted by Crippen LogP contribution is 2.33. The maximum atomic E-state index is 12.8. The molecule has 1 aromatic heterocycles. The number of nitrogens with zero attached hydrogens (tertiary/aromatic N) is 2. The first-order valence-electron chi connectivity index (χ1n) is 6.56. The second kappa shape index (κ2) is 6.39. The molecule has 0 atom stereocenters. The number of imidazole rings is 1. The van der Waals surface area contributed by atoms with E-state index < -0.39 is 11.7 Å². The van der Waals surface area contributed by atoms with Crippen LogP contribution in [-0.4, -0.2) is 9.55 Å². The fraction of sp³-hybridized carbons (Fsp3) is 0.357. The number of anilines is 2. The average molecular weight is 318 g/mol. The van der Waals surface area contributed by atoms with E-state index in [0.29, 0.717) is 5.95 Å². The number of benzene rings is 1. The van der Waals surface area contributed by atoms with E-state index in [1.54, 1.807) is 12.4 Å². The van der Waals surface area contributed by atoms with E-state index in [9.17, 15) is 13.2 Å². The lowest BCUT2D eigenvalue weighted by Crippen LogP contribution is -2.07. The Bertz CT molecular complexity index is 608. The van der Waals surface area contributed by atoms with Crippen LogP contribution in [0, 0.1) is 0 Å². The number of unbranched alkanes of at least 4 members (excludes halogenated alkanes) is 1. The van der Waals surface area contributed by atoms with Crippen LogP contribution in [0.3, 0.4) is 0 Å². The van der Waals surface area contributed by atoms with Crippen LogP contribution in [-0.2, 0) is 12.7 Å². The van der Waals surface area contributed by atoms with Gasteiger partial charge >= 0.3 is 6.18 Å². The first-order valence-corrected chi connectivity index (χ1v) is 6.94. The standard InChI is InChI=1S/C14H15ClF3N3/c1-2-3-5-21-6-4-19-13(21)20-12-8-10(14(16,17)18)7-11(15)9-12/h4,6-9H,2-3,5H2,1H3,(H,19,20). The van der Waals surface area contributed by atoms with Gasteiger partial charge in [-0.25, -0.2) is 4.98 Å². The largest absolute Gasteiger partial charge is 0.416 e. The Morgan fingerprint density at radius 1 is 1.29 bits per heavy atom. The predicted octanol–water partition coefficient (Wildman–Crippen LogP) is 5.10. The van der Waals surface area contributed by atoms with Crippen LogP contribution in [0.4, 0.5) is 24.8 Å². The Morgan fingerprint density at radius 3 is 2.71 bits per heavy atom. The van der Waals surface area contributed by atoms with Crippen molar-refractivity contribution in [2.75, 3.05) is 5.32 Å². The molecule has 0 fully saturated rings. The SMILES string of the molecule is CCCCn1ccnc1Nc1cc(Cl)cc(C(F)(F)F)c1. The number of aryl methyl sites for hydroxylation is 1. The number of halogens is 4. The highest BCUT2D eigenvalue weighted by atomic mass is 35.5. The first kappa shape index (κ1) is 15.7. The molecule has 2 aromatic rings. The number of alkyl halides is 3. The van der Waals surface area contributed by atoms with Gasteiger partial charge in [-0.15, -0.1) is 0 Å². The van der Waals surface area contributed by atoms with Crippen molar-refractivity contribution in [1.29, 1.82) is 0 Å². The molecule has 21 heavy (non-hydrogen) atoms. The summed E-state index contributed by atoms with van der Waals surface area (Å²) in [6.45, 7) is 2.82. The molecular weight excluding hydrogens is 303 g/mol. The van der Waals surface area contributed by atoms with E-state index in [1.807, 2.05) is 4.57 Å². The molecule has 0 amide bonds. The minimum absolute atomic E-state index is 0.0268. The van der Waals surface area contributed by atoms with Gasteiger partial charge in [-0.2, -0.15) is 13.2 Å². The predicted molar refractivity (Wildman–Crippen MR) is 76.9 cm³/mol. The van der Waals surface area contributed by atoms with Crippen molar-refractivity contribution in [1.82, 2.24) is 9.55 Å². The summed E-state index contributed by atoms with van der Waals surface area (Å²) in [5.74, 6) is 0.499. The van der Waals surface area contributed by atoms with Crippen molar-refractivity contribution in [3.05, 3.63) is 41.2 Å². The van der Waals surface area contributed by atoms with Crippen molar-refractivity contribution in [3.63, 3.8) is 0 Å². The van der Waals surface area contributed by atoms with Crippen molar-refractivity contribution >= 4 is 23.2 Å². The Balaban J connectivity index is 2.24. The first-order chi connectivity index (χ1) is 9.90. The van der Waals surface area contributed by atoms with Gasteiger partial charge in [0, 0.05) is 29.6 Å². The monoisotopic (exact) mass is 317 g/mol. The molecular formula is C14H15ClF3N3. The number of hydrogen-bond donors (Lipinski definition) is 1. The zero-order chi connectivity index (χ0) is 15.5. The molecule has 0 saturated heterocycles. The molecule has 0 unspecified atom stereocenters. The molecule has 7 heteroatoms. The van der Waals surface area contributed by atoms with Crippen molar-refractivity contribution in [2.24, 2.45) is 0 Å². The van der Waals surface area contributed by atoms with E-state index in [-0.39, 0.29) is 10.7 Å². The van der Waals surface area contributed by atoms with E-state index in [2.05, 4.69) is 17.2 Å². The molecule has 1 heterocycles. The molecule has 114 valence electrons. The van der Waals surface area contributed by atoms with Gasteiger partial charge in [0.1, 0.15) is 0 Å². The topological polar surface area (TPSA) is 29.9 Å². The fourth-order valence-corrected chi connectivity index (χ4v) is 2.13. The summed E-state index contributed by atoms with van der Waals surface area (Å²) >= 11 is 5.75. The molecule has 3 nitrogen and oxygen atoms in total. The second-order valence-electron chi connectivity index (χ2n) is 4.65. The molecule has 1 N–H and O–H groups in total. The molecule has 0 spiro atoms. The zero-order valence-electron chi connectivity index (χ0n) is 11.4. The average Bonchev–Trinajstić information content (AvgIpc) is 2.82. The lowest BCUT2D eigenvalue weighted by Gasteiger charge is -2.12. The van der Waals surface area contributed by atoms with Crippen LogP contribution in [0.2, 0.25) is 5.02 Å². The summed E-state index contributed by atoms with van der Waals surface area (Å²) in [5.41, 5.74) is -0.525. The molecule has 0 aliphatic rings. The summed E-state index contributed by atoms with van der Waals surface area (Å²) in [4.78, 5) is 4.11. The quantitative estimate of drug-likeness (QED) is 0.831. The normalized spacial score (nSPS) is 11.7. The van der Waals surface area contributed by atoms with Crippen LogP contribution in [0.25, 0.3) is 0 Å². The fourth-order valence-electron chi connectivity index (χ4n) is 1.90. The minimum Gasteiger partial charge on any atom is -0.326 e. The van der Waals surface area contributed by atoms with E-state index >= 15 is 0 Å². The van der Waals surface area contributed by atoms with Gasteiger partial charge in [0.2, 0.25) is 5.95 Å². The van der Waals surface area contributed by atoms with E-state index in [4.69, 9.17) is 11.6 Å². The van der Waals surface area contributed by atoms with E-state index in [1.165, 1.54) is 6.07 Å². The van der Waals surface area contributed by atoms with Crippen molar-refractivity contribution in [2.45, 2.75) is 32.5 Å². The lowest BCUT2D eigenvalue weighted by molar-refractivity contribution is -0.137. The molecule has 0 radical (unpaired) electrons. The molecule has 0 aliphatic carbocycles. The second-order valence-corrected chi connectivity index (χ2v) is 5.09. The van der Waals surface area contributed by atoms with Gasteiger partial charge in [0.05, 0.1) is 5.56 Å². The maximum absolute atomic E-state index is 12.8. The Morgan fingerprint density at radius 2 is 2.05 bits per heavy atom. The number of aromatic nitrogens is 2. The Labute approximate surface area is 125 Å². The zero-order valence-corrected chi connectivity index (χ0v) is 12.2. The van der Waals surface area contributed by atoms with Crippen LogP contribution >= 0.6 is 11.6 Å². The molecule has 0 aliphatic heterocycles. The van der Waals surface area contributed by atoms with Crippen LogP contribution in [0.1, 0.15) is 25.3 Å². The number of hydrogen-bond acceptors (Lipinski definition) is 2. The smallest absolute Gasteiger partial charge is 0.326 e.